The van der Waals surface area contributed by atoms with Crippen LogP contribution in [0.15, 0.2) is 18.2 Å². The van der Waals surface area contributed by atoms with E-state index in [0.717, 1.165) is 19.2 Å². The number of halogens is 5. The summed E-state index contributed by atoms with van der Waals surface area (Å²) < 4.78 is 45.6. The number of nitrogens with zero attached hydrogens (tertiary/aromatic N) is 1. The molecule has 1 heterocycles. The number of carbonyl (C=O) groups excluding carboxylic acids is 1. The minimum Gasteiger partial charge on any atom is -0.465 e. The Balaban J connectivity index is 0.00000127. The number of carbonyl (C=O) groups is 1. The second-order valence-corrected chi connectivity index (χ2v) is 4.69. The predicted molar refractivity (Wildman–Crippen MR) is 82.3 cm³/mol. The van der Waals surface area contributed by atoms with Crippen molar-refractivity contribution in [2.45, 2.75) is 13.8 Å². The predicted octanol–water partition coefficient (Wildman–Crippen LogP) is 5.29. The van der Waals surface area contributed by atoms with E-state index in [1.807, 2.05) is 13.8 Å². The quantitative estimate of drug-likeness (QED) is 0.412. The van der Waals surface area contributed by atoms with Gasteiger partial charge in [-0.2, -0.15) is 0 Å². The van der Waals surface area contributed by atoms with Crippen LogP contribution in [0.2, 0.25) is 10.2 Å². The van der Waals surface area contributed by atoms with Gasteiger partial charge in [-0.3, -0.25) is 0 Å². The van der Waals surface area contributed by atoms with Gasteiger partial charge in [-0.1, -0.05) is 37.0 Å². The van der Waals surface area contributed by atoms with Crippen LogP contribution in [0.5, 0.6) is 0 Å². The lowest BCUT2D eigenvalue weighted by Crippen LogP contribution is -2.07. The Morgan fingerprint density at radius 1 is 1.09 bits per heavy atom. The molecule has 1 aromatic heterocycles. The Bertz CT molecular complexity index is 739. The van der Waals surface area contributed by atoms with Crippen molar-refractivity contribution in [1.29, 1.82) is 0 Å². The number of ether oxygens (including phenoxy) is 1. The van der Waals surface area contributed by atoms with E-state index < -0.39 is 45.3 Å². The molecule has 0 unspecified atom stereocenters. The number of hydrogen-bond acceptors (Lipinski definition) is 3. The molecule has 3 nitrogen and oxygen atoms in total. The van der Waals surface area contributed by atoms with E-state index >= 15 is 0 Å². The van der Waals surface area contributed by atoms with Gasteiger partial charge in [0.1, 0.15) is 28.0 Å². The molecule has 2 rings (SSSR count). The molecule has 0 N–H and O–H groups in total. The Morgan fingerprint density at radius 3 is 2.26 bits per heavy atom. The minimum absolute atomic E-state index is 0.258. The number of methoxy groups -OCH3 is 1. The van der Waals surface area contributed by atoms with Crippen molar-refractivity contribution in [3.8, 4) is 11.3 Å². The lowest BCUT2D eigenvalue weighted by molar-refractivity contribution is 0.0595. The maximum absolute atomic E-state index is 14.3. The fourth-order valence-corrected chi connectivity index (χ4v) is 2.00. The number of rotatable bonds is 2. The van der Waals surface area contributed by atoms with Crippen LogP contribution in [-0.2, 0) is 4.74 Å². The van der Waals surface area contributed by atoms with E-state index in [9.17, 15) is 18.0 Å². The van der Waals surface area contributed by atoms with Crippen LogP contribution < -0.4 is 0 Å². The Morgan fingerprint density at radius 2 is 1.70 bits per heavy atom. The summed E-state index contributed by atoms with van der Waals surface area (Å²) in [5.74, 6) is -4.26. The SMILES string of the molecule is CC.COC(=O)c1cc(Cl)nc(-c2cc(Cl)c(F)cc2F)c1F. The van der Waals surface area contributed by atoms with Crippen molar-refractivity contribution in [3.05, 3.63) is 51.4 Å². The Hall–Kier alpha value is -1.79. The molecule has 0 aliphatic heterocycles. The average molecular weight is 366 g/mol. The maximum Gasteiger partial charge on any atom is 0.341 e. The molecule has 8 heteroatoms. The third kappa shape index (κ3) is 4.14. The van der Waals surface area contributed by atoms with Gasteiger partial charge in [0, 0.05) is 11.6 Å². The monoisotopic (exact) mass is 365 g/mol. The highest BCUT2D eigenvalue weighted by Gasteiger charge is 2.22. The van der Waals surface area contributed by atoms with Gasteiger partial charge in [-0.05, 0) is 12.1 Å². The van der Waals surface area contributed by atoms with Crippen molar-refractivity contribution < 1.29 is 22.7 Å². The zero-order chi connectivity index (χ0) is 17.7. The molecule has 124 valence electrons. The molecule has 0 saturated carbocycles. The number of aromatic nitrogens is 1. The summed E-state index contributed by atoms with van der Waals surface area (Å²) >= 11 is 11.2. The second-order valence-electron chi connectivity index (χ2n) is 3.89. The first-order valence-electron chi connectivity index (χ1n) is 6.44. The summed E-state index contributed by atoms with van der Waals surface area (Å²) in [4.78, 5) is 15.1. The molecular formula is C15H12Cl2F3NO2. The highest BCUT2D eigenvalue weighted by molar-refractivity contribution is 6.31. The lowest BCUT2D eigenvalue weighted by Gasteiger charge is -2.09. The molecule has 0 aliphatic rings. The molecule has 0 amide bonds. The fourth-order valence-electron chi connectivity index (χ4n) is 1.64. The average Bonchev–Trinajstić information content (AvgIpc) is 2.54. The minimum atomic E-state index is -1.15. The number of pyridine rings is 1. The van der Waals surface area contributed by atoms with Crippen molar-refractivity contribution in [3.63, 3.8) is 0 Å². The number of hydrogen-bond donors (Lipinski definition) is 0. The normalized spacial score (nSPS) is 9.91. The van der Waals surface area contributed by atoms with Crippen molar-refractivity contribution in [1.82, 2.24) is 4.98 Å². The van der Waals surface area contributed by atoms with E-state index in [0.29, 0.717) is 6.07 Å². The zero-order valence-electron chi connectivity index (χ0n) is 12.4. The van der Waals surface area contributed by atoms with Crippen LogP contribution in [0.4, 0.5) is 13.2 Å². The molecule has 0 spiro atoms. The van der Waals surface area contributed by atoms with Gasteiger partial charge >= 0.3 is 5.97 Å². The molecule has 0 atom stereocenters. The van der Waals surface area contributed by atoms with Crippen molar-refractivity contribution in [2.24, 2.45) is 0 Å². The van der Waals surface area contributed by atoms with Gasteiger partial charge < -0.3 is 4.74 Å². The summed E-state index contributed by atoms with van der Waals surface area (Å²) in [5, 5.41) is -0.682. The molecule has 1 aromatic carbocycles. The summed E-state index contributed by atoms with van der Waals surface area (Å²) in [7, 11) is 1.05. The lowest BCUT2D eigenvalue weighted by atomic mass is 10.1. The first-order valence-corrected chi connectivity index (χ1v) is 7.20. The van der Waals surface area contributed by atoms with Gasteiger partial charge in [-0.25, -0.2) is 22.9 Å². The first-order chi connectivity index (χ1) is 10.8. The van der Waals surface area contributed by atoms with Gasteiger partial charge in [0.15, 0.2) is 5.82 Å². The van der Waals surface area contributed by atoms with Crippen LogP contribution in [0, 0.1) is 17.5 Å². The van der Waals surface area contributed by atoms with Gasteiger partial charge in [-0.15, -0.1) is 0 Å². The summed E-state index contributed by atoms with van der Waals surface area (Å²) in [6.45, 7) is 4.00. The van der Waals surface area contributed by atoms with Crippen LogP contribution in [0.25, 0.3) is 11.3 Å². The van der Waals surface area contributed by atoms with Crippen molar-refractivity contribution >= 4 is 29.2 Å². The van der Waals surface area contributed by atoms with E-state index in [1.165, 1.54) is 0 Å². The smallest absolute Gasteiger partial charge is 0.341 e. The first kappa shape index (κ1) is 19.3. The summed E-state index contributed by atoms with van der Waals surface area (Å²) in [6, 6.07) is 2.28. The maximum atomic E-state index is 14.3. The van der Waals surface area contributed by atoms with Crippen LogP contribution in [-0.4, -0.2) is 18.1 Å². The second kappa shape index (κ2) is 8.17. The highest BCUT2D eigenvalue weighted by atomic mass is 35.5. The molecule has 0 aliphatic carbocycles. The molecule has 2 aromatic rings. The van der Waals surface area contributed by atoms with E-state index in [1.54, 1.807) is 0 Å². The van der Waals surface area contributed by atoms with Gasteiger partial charge in [0.2, 0.25) is 0 Å². The van der Waals surface area contributed by atoms with Crippen LogP contribution >= 0.6 is 23.2 Å². The molecule has 0 radical (unpaired) electrons. The number of esters is 1. The molecule has 23 heavy (non-hydrogen) atoms. The molecular weight excluding hydrogens is 354 g/mol. The highest BCUT2D eigenvalue weighted by Crippen LogP contribution is 2.31. The van der Waals surface area contributed by atoms with Crippen LogP contribution in [0.3, 0.4) is 0 Å². The third-order valence-electron chi connectivity index (χ3n) is 2.60. The molecule has 0 bridgehead atoms. The standard InChI is InChI=1S/C13H6Cl2F3NO2.C2H6/c1-21-13(20)6-3-10(15)19-12(11(6)18)5-2-7(14)9(17)4-8(5)16;1-2/h2-4H,1H3;1-2H3. The fraction of sp³-hybridized carbons (Fsp3) is 0.200. The molecule has 0 saturated heterocycles. The summed E-state index contributed by atoms with van der Waals surface area (Å²) in [6.07, 6.45) is 0. The summed E-state index contributed by atoms with van der Waals surface area (Å²) in [5.41, 5.74) is -1.51. The third-order valence-corrected chi connectivity index (χ3v) is 3.08. The van der Waals surface area contributed by atoms with E-state index in [2.05, 4.69) is 9.72 Å². The largest absolute Gasteiger partial charge is 0.465 e. The molecule has 0 fully saturated rings. The Labute approximate surface area is 141 Å². The topological polar surface area (TPSA) is 39.2 Å². The van der Waals surface area contributed by atoms with Gasteiger partial charge in [0.25, 0.3) is 0 Å². The number of benzene rings is 1. The van der Waals surface area contributed by atoms with Gasteiger partial charge in [0.05, 0.1) is 12.1 Å². The van der Waals surface area contributed by atoms with E-state index in [-0.39, 0.29) is 5.15 Å². The van der Waals surface area contributed by atoms with Crippen LogP contribution in [0.1, 0.15) is 24.2 Å². The zero-order valence-corrected chi connectivity index (χ0v) is 13.9. The van der Waals surface area contributed by atoms with E-state index in [4.69, 9.17) is 23.2 Å². The van der Waals surface area contributed by atoms with Crippen molar-refractivity contribution in [2.75, 3.05) is 7.11 Å². The Kier molecular flexibility index (Phi) is 6.84.